The molecule has 0 heterocycles. The lowest BCUT2D eigenvalue weighted by Gasteiger charge is -2.03. The van der Waals surface area contributed by atoms with Gasteiger partial charge >= 0.3 is 0 Å². The summed E-state index contributed by atoms with van der Waals surface area (Å²) in [4.78, 5) is 0. The number of hydrogen-bond donors (Lipinski definition) is 0. The molecule has 0 spiro atoms. The minimum Gasteiger partial charge on any atom is -0.497 e. The monoisotopic (exact) mass is 152 g/mol. The number of benzene rings is 1. The van der Waals surface area contributed by atoms with Gasteiger partial charge in [0.1, 0.15) is 5.75 Å². The van der Waals surface area contributed by atoms with E-state index < -0.39 is 0 Å². The van der Waals surface area contributed by atoms with E-state index in [1.807, 2.05) is 0 Å². The number of rotatable bonds is 1. The van der Waals surface area contributed by atoms with Crippen LogP contribution < -0.4 is 9.92 Å². The second kappa shape index (κ2) is 2.88. The van der Waals surface area contributed by atoms with Crippen molar-refractivity contribution in [3.63, 3.8) is 0 Å². The molecule has 0 saturated heterocycles. The fourth-order valence-electron chi connectivity index (χ4n) is 0.927. The molecule has 0 aliphatic heterocycles. The summed E-state index contributed by atoms with van der Waals surface area (Å²) < 4.78 is 5.16. The van der Waals surface area contributed by atoms with Crippen LogP contribution in [0.2, 0.25) is 0 Å². The molecule has 54 valence electrons. The van der Waals surface area contributed by atoms with Crippen molar-refractivity contribution in [3.05, 3.63) is 23.8 Å². The van der Waals surface area contributed by atoms with Crippen LogP contribution >= 0.6 is 0 Å². The normalized spacial score (nSPS) is 9.80. The Bertz CT molecular complexity index is 233. The van der Waals surface area contributed by atoms with Crippen molar-refractivity contribution in [2.45, 2.75) is 6.92 Å². The maximum atomic E-state index is 5.16. The lowest BCUT2D eigenvalue weighted by molar-refractivity contribution is 0.418. The predicted molar refractivity (Wildman–Crippen MR) is 47.3 cm³/mol. The Labute approximate surface area is 64.4 Å². The van der Waals surface area contributed by atoms with Gasteiger partial charge in [0, 0.05) is 10.2 Å². The van der Waals surface area contributed by atoms with Crippen molar-refractivity contribution in [2.75, 3.05) is 7.11 Å². The van der Waals surface area contributed by atoms with Crippen LogP contribution in [0.5, 0.6) is 5.75 Å². The number of aryl methyl sites for hydroxylation is 1. The minimum atomic E-state index is 1.03. The highest BCUT2D eigenvalue weighted by Crippen LogP contribution is 2.07. The second-order valence-corrected chi connectivity index (χ2v) is 3.55. The van der Waals surface area contributed by atoms with Crippen LogP contribution in [0.3, 0.4) is 0 Å². The highest BCUT2D eigenvalue weighted by Gasteiger charge is 1.94. The molecule has 1 nitrogen and oxygen atoms in total. The van der Waals surface area contributed by atoms with Gasteiger partial charge in [-0.2, -0.15) is 0 Å². The summed E-state index contributed by atoms with van der Waals surface area (Å²) in [6.45, 7) is 2.07. The lowest BCUT2D eigenvalue weighted by atomic mass is 10.2. The van der Waals surface area contributed by atoms with Crippen molar-refractivity contribution in [3.8, 4) is 5.75 Å². The van der Waals surface area contributed by atoms with Gasteiger partial charge in [-0.3, -0.25) is 0 Å². The standard InChI is InChI=1S/C8H12OSi/c1-6-3-4-8(10)7(5-6)9-2/h3-5H,1-2,10H3. The maximum absolute atomic E-state index is 5.16. The number of methoxy groups -OCH3 is 1. The van der Waals surface area contributed by atoms with Crippen molar-refractivity contribution < 1.29 is 4.74 Å². The van der Waals surface area contributed by atoms with Gasteiger partial charge < -0.3 is 4.74 Å². The Balaban J connectivity index is 3.09. The Morgan fingerprint density at radius 1 is 1.40 bits per heavy atom. The van der Waals surface area contributed by atoms with Crippen LogP contribution in [0.15, 0.2) is 18.2 Å². The average molecular weight is 152 g/mol. The summed E-state index contributed by atoms with van der Waals surface area (Å²) >= 11 is 0. The Hall–Kier alpha value is -0.763. The molecule has 0 amide bonds. The third-order valence-electron chi connectivity index (χ3n) is 1.56. The van der Waals surface area contributed by atoms with Crippen LogP contribution in [-0.2, 0) is 0 Å². The first-order valence-electron chi connectivity index (χ1n) is 3.35. The smallest absolute Gasteiger partial charge is 0.117 e. The molecule has 0 bridgehead atoms. The first kappa shape index (κ1) is 7.35. The van der Waals surface area contributed by atoms with E-state index in [1.165, 1.54) is 10.8 Å². The zero-order valence-electron chi connectivity index (χ0n) is 6.64. The third kappa shape index (κ3) is 1.39. The van der Waals surface area contributed by atoms with E-state index >= 15 is 0 Å². The Morgan fingerprint density at radius 3 is 2.60 bits per heavy atom. The minimum absolute atomic E-state index is 1.03. The second-order valence-electron chi connectivity index (χ2n) is 2.47. The summed E-state index contributed by atoms with van der Waals surface area (Å²) in [5, 5.41) is 1.33. The molecule has 0 radical (unpaired) electrons. The molecular weight excluding hydrogens is 140 g/mol. The molecule has 10 heavy (non-hydrogen) atoms. The van der Waals surface area contributed by atoms with Gasteiger partial charge in [-0.25, -0.2) is 0 Å². The van der Waals surface area contributed by atoms with Gasteiger partial charge in [-0.1, -0.05) is 12.1 Å². The lowest BCUT2D eigenvalue weighted by Crippen LogP contribution is -2.06. The molecule has 0 aromatic heterocycles. The van der Waals surface area contributed by atoms with Gasteiger partial charge in [0.05, 0.1) is 7.11 Å². The highest BCUT2D eigenvalue weighted by molar-refractivity contribution is 6.34. The molecule has 0 atom stereocenters. The van der Waals surface area contributed by atoms with Crippen LogP contribution in [0.1, 0.15) is 5.56 Å². The fraction of sp³-hybridized carbons (Fsp3) is 0.250. The molecule has 0 aliphatic rings. The van der Waals surface area contributed by atoms with Crippen molar-refractivity contribution in [1.82, 2.24) is 0 Å². The van der Waals surface area contributed by atoms with E-state index in [-0.39, 0.29) is 0 Å². The van der Waals surface area contributed by atoms with Crippen molar-refractivity contribution >= 4 is 15.4 Å². The first-order valence-corrected chi connectivity index (χ1v) is 4.35. The molecule has 0 saturated carbocycles. The van der Waals surface area contributed by atoms with E-state index in [0.717, 1.165) is 16.0 Å². The first-order chi connectivity index (χ1) is 4.74. The molecule has 1 aromatic carbocycles. The SMILES string of the molecule is COc1cc(C)ccc1[SiH3]. The quantitative estimate of drug-likeness (QED) is 0.515. The molecule has 0 unspecified atom stereocenters. The van der Waals surface area contributed by atoms with Gasteiger partial charge in [0.25, 0.3) is 0 Å². The summed E-state index contributed by atoms with van der Waals surface area (Å²) in [6.07, 6.45) is 0. The Kier molecular flexibility index (Phi) is 2.12. The third-order valence-corrected chi connectivity index (χ3v) is 2.39. The zero-order chi connectivity index (χ0) is 7.56. The average Bonchev–Trinajstić information content (AvgIpc) is 1.94. The van der Waals surface area contributed by atoms with Gasteiger partial charge in [-0.15, -0.1) is 0 Å². The summed E-state index contributed by atoms with van der Waals surface area (Å²) in [7, 11) is 2.78. The van der Waals surface area contributed by atoms with E-state index in [4.69, 9.17) is 4.74 Å². The Morgan fingerprint density at radius 2 is 2.10 bits per heavy atom. The van der Waals surface area contributed by atoms with Gasteiger partial charge in [-0.05, 0) is 23.7 Å². The van der Waals surface area contributed by atoms with Crippen LogP contribution in [0.4, 0.5) is 0 Å². The molecular formula is C8H12OSi. The summed E-state index contributed by atoms with van der Waals surface area (Å²) in [6, 6.07) is 6.31. The van der Waals surface area contributed by atoms with E-state index in [0.29, 0.717) is 0 Å². The molecule has 1 rings (SSSR count). The molecule has 0 aliphatic carbocycles. The van der Waals surface area contributed by atoms with Crippen LogP contribution in [0.25, 0.3) is 0 Å². The maximum Gasteiger partial charge on any atom is 0.117 e. The molecule has 1 aromatic rings. The predicted octanol–water partition coefficient (Wildman–Crippen LogP) is -0.00568. The van der Waals surface area contributed by atoms with Gasteiger partial charge in [0.15, 0.2) is 0 Å². The van der Waals surface area contributed by atoms with Crippen molar-refractivity contribution in [2.24, 2.45) is 0 Å². The van der Waals surface area contributed by atoms with Gasteiger partial charge in [0.2, 0.25) is 0 Å². The zero-order valence-corrected chi connectivity index (χ0v) is 8.64. The summed E-state index contributed by atoms with van der Waals surface area (Å²) in [5.41, 5.74) is 1.26. The molecule has 0 fully saturated rings. The fourth-order valence-corrected chi connectivity index (χ4v) is 1.44. The van der Waals surface area contributed by atoms with E-state index in [2.05, 4.69) is 25.1 Å². The van der Waals surface area contributed by atoms with Crippen LogP contribution in [-0.4, -0.2) is 17.4 Å². The topological polar surface area (TPSA) is 9.23 Å². The molecule has 0 N–H and O–H groups in total. The van der Waals surface area contributed by atoms with E-state index in [9.17, 15) is 0 Å². The highest BCUT2D eigenvalue weighted by atomic mass is 28.1. The molecule has 2 heteroatoms. The summed E-state index contributed by atoms with van der Waals surface area (Å²) in [5.74, 6) is 1.03. The van der Waals surface area contributed by atoms with Crippen molar-refractivity contribution in [1.29, 1.82) is 0 Å². The number of ether oxygens (including phenoxy) is 1. The van der Waals surface area contributed by atoms with E-state index in [1.54, 1.807) is 7.11 Å². The number of hydrogen-bond acceptors (Lipinski definition) is 1. The van der Waals surface area contributed by atoms with Crippen LogP contribution in [0, 0.1) is 6.92 Å². The largest absolute Gasteiger partial charge is 0.497 e.